The highest BCUT2D eigenvalue weighted by Gasteiger charge is 1.97. The van der Waals surface area contributed by atoms with Crippen LogP contribution >= 0.6 is 0 Å². The van der Waals surface area contributed by atoms with Crippen molar-refractivity contribution in [3.63, 3.8) is 0 Å². The minimum atomic E-state index is 0.912. The summed E-state index contributed by atoms with van der Waals surface area (Å²) in [7, 11) is 1.69. The third-order valence-electron chi connectivity index (χ3n) is 2.19. The van der Waals surface area contributed by atoms with Crippen molar-refractivity contribution in [1.82, 2.24) is 0 Å². The molecule has 0 spiro atoms. The number of benzene rings is 1. The summed E-state index contributed by atoms with van der Waals surface area (Å²) in [5.41, 5.74) is 2.66. The van der Waals surface area contributed by atoms with Gasteiger partial charge < -0.3 is 4.74 Å². The van der Waals surface area contributed by atoms with Gasteiger partial charge in [0.2, 0.25) is 0 Å². The first-order valence-electron chi connectivity index (χ1n) is 4.61. The van der Waals surface area contributed by atoms with Crippen LogP contribution < -0.4 is 4.74 Å². The van der Waals surface area contributed by atoms with E-state index in [1.54, 1.807) is 7.11 Å². The summed E-state index contributed by atoms with van der Waals surface area (Å²) in [5, 5.41) is 0. The highest BCUT2D eigenvalue weighted by atomic mass is 16.5. The lowest BCUT2D eigenvalue weighted by molar-refractivity contribution is 0.415. The zero-order chi connectivity index (χ0) is 9.68. The lowest BCUT2D eigenvalue weighted by atomic mass is 10.0. The second kappa shape index (κ2) is 4.70. The van der Waals surface area contributed by atoms with Crippen molar-refractivity contribution in [1.29, 1.82) is 0 Å². The molecule has 1 heteroatoms. The molecule has 0 aliphatic rings. The Morgan fingerprint density at radius 1 is 1.31 bits per heavy atom. The standard InChI is InChI=1S/C12H16O/c1-4-10(5-2)11-6-8-12(13-3)9-7-11/h4,6-9H,5H2,1-3H3. The average Bonchev–Trinajstić information content (AvgIpc) is 2.21. The van der Waals surface area contributed by atoms with Gasteiger partial charge in [-0.05, 0) is 36.6 Å². The Bertz CT molecular complexity index is 282. The smallest absolute Gasteiger partial charge is 0.118 e. The second-order valence-electron chi connectivity index (χ2n) is 2.90. The van der Waals surface area contributed by atoms with Crippen molar-refractivity contribution in [2.24, 2.45) is 0 Å². The van der Waals surface area contributed by atoms with Crippen molar-refractivity contribution < 1.29 is 4.74 Å². The van der Waals surface area contributed by atoms with Gasteiger partial charge in [-0.15, -0.1) is 0 Å². The normalized spacial score (nSPS) is 11.5. The molecule has 1 rings (SSSR count). The molecule has 1 nitrogen and oxygen atoms in total. The van der Waals surface area contributed by atoms with Crippen LogP contribution in [-0.2, 0) is 0 Å². The molecule has 0 unspecified atom stereocenters. The number of hydrogen-bond donors (Lipinski definition) is 0. The van der Waals surface area contributed by atoms with Crippen LogP contribution in [0, 0.1) is 0 Å². The first-order chi connectivity index (χ1) is 6.31. The molecule has 0 aromatic heterocycles. The van der Waals surface area contributed by atoms with E-state index in [2.05, 4.69) is 32.1 Å². The third-order valence-corrected chi connectivity index (χ3v) is 2.19. The second-order valence-corrected chi connectivity index (χ2v) is 2.90. The predicted octanol–water partition coefficient (Wildman–Crippen LogP) is 3.51. The Balaban J connectivity index is 2.91. The molecular formula is C12H16O. The Morgan fingerprint density at radius 2 is 1.92 bits per heavy atom. The largest absolute Gasteiger partial charge is 0.497 e. The Kier molecular flexibility index (Phi) is 3.56. The fourth-order valence-corrected chi connectivity index (χ4v) is 1.38. The molecule has 0 fully saturated rings. The van der Waals surface area contributed by atoms with Gasteiger partial charge in [-0.1, -0.05) is 25.1 Å². The van der Waals surface area contributed by atoms with E-state index in [0.29, 0.717) is 0 Å². The Hall–Kier alpha value is -1.24. The van der Waals surface area contributed by atoms with Gasteiger partial charge in [0.1, 0.15) is 5.75 Å². The zero-order valence-corrected chi connectivity index (χ0v) is 8.50. The first-order valence-corrected chi connectivity index (χ1v) is 4.61. The number of methoxy groups -OCH3 is 1. The summed E-state index contributed by atoms with van der Waals surface area (Å²) in [4.78, 5) is 0. The molecule has 70 valence electrons. The molecular weight excluding hydrogens is 160 g/mol. The Labute approximate surface area is 80.0 Å². The highest BCUT2D eigenvalue weighted by Crippen LogP contribution is 2.20. The van der Waals surface area contributed by atoms with Crippen LogP contribution in [0.25, 0.3) is 5.57 Å². The quantitative estimate of drug-likeness (QED) is 0.684. The van der Waals surface area contributed by atoms with Gasteiger partial charge in [0.25, 0.3) is 0 Å². The lowest BCUT2D eigenvalue weighted by Crippen LogP contribution is -1.85. The SMILES string of the molecule is CC=C(CC)c1ccc(OC)cc1. The highest BCUT2D eigenvalue weighted by molar-refractivity contribution is 5.65. The lowest BCUT2D eigenvalue weighted by Gasteiger charge is -2.05. The van der Waals surface area contributed by atoms with E-state index >= 15 is 0 Å². The van der Waals surface area contributed by atoms with E-state index in [-0.39, 0.29) is 0 Å². The monoisotopic (exact) mass is 176 g/mol. The molecule has 1 aromatic carbocycles. The van der Waals surface area contributed by atoms with E-state index in [1.807, 2.05) is 12.1 Å². The summed E-state index contributed by atoms with van der Waals surface area (Å²) in [5.74, 6) is 0.912. The molecule has 0 radical (unpaired) electrons. The van der Waals surface area contributed by atoms with Crippen molar-refractivity contribution in [3.8, 4) is 5.75 Å². The van der Waals surface area contributed by atoms with E-state index in [9.17, 15) is 0 Å². The van der Waals surface area contributed by atoms with Crippen molar-refractivity contribution in [3.05, 3.63) is 35.9 Å². The molecule has 1 aromatic rings. The molecule has 0 saturated heterocycles. The fourth-order valence-electron chi connectivity index (χ4n) is 1.38. The van der Waals surface area contributed by atoms with E-state index in [1.165, 1.54) is 11.1 Å². The van der Waals surface area contributed by atoms with E-state index < -0.39 is 0 Å². The summed E-state index contributed by atoms with van der Waals surface area (Å²) < 4.78 is 5.10. The Morgan fingerprint density at radius 3 is 2.31 bits per heavy atom. The molecule has 0 aliphatic heterocycles. The number of ether oxygens (including phenoxy) is 1. The van der Waals surface area contributed by atoms with Crippen LogP contribution in [0.15, 0.2) is 30.3 Å². The van der Waals surface area contributed by atoms with Crippen LogP contribution in [0.3, 0.4) is 0 Å². The fraction of sp³-hybridized carbons (Fsp3) is 0.333. The molecule has 0 saturated carbocycles. The topological polar surface area (TPSA) is 9.23 Å². The molecule has 0 amide bonds. The maximum absolute atomic E-state index is 5.10. The third kappa shape index (κ3) is 2.35. The summed E-state index contributed by atoms with van der Waals surface area (Å²) in [6.45, 7) is 4.24. The van der Waals surface area contributed by atoms with Crippen LogP contribution in [0.2, 0.25) is 0 Å². The van der Waals surface area contributed by atoms with Gasteiger partial charge in [-0.25, -0.2) is 0 Å². The van der Waals surface area contributed by atoms with Gasteiger partial charge in [0.15, 0.2) is 0 Å². The number of allylic oxidation sites excluding steroid dienone is 2. The zero-order valence-electron chi connectivity index (χ0n) is 8.50. The van der Waals surface area contributed by atoms with Crippen LogP contribution in [0.1, 0.15) is 25.8 Å². The van der Waals surface area contributed by atoms with E-state index in [0.717, 1.165) is 12.2 Å². The van der Waals surface area contributed by atoms with Gasteiger partial charge >= 0.3 is 0 Å². The average molecular weight is 176 g/mol. The van der Waals surface area contributed by atoms with Crippen molar-refractivity contribution in [2.75, 3.05) is 7.11 Å². The van der Waals surface area contributed by atoms with Crippen molar-refractivity contribution in [2.45, 2.75) is 20.3 Å². The predicted molar refractivity (Wildman–Crippen MR) is 56.9 cm³/mol. The van der Waals surface area contributed by atoms with Gasteiger partial charge in [-0.3, -0.25) is 0 Å². The van der Waals surface area contributed by atoms with Crippen LogP contribution in [0.5, 0.6) is 5.75 Å². The molecule has 0 bridgehead atoms. The van der Waals surface area contributed by atoms with Crippen LogP contribution in [0.4, 0.5) is 0 Å². The van der Waals surface area contributed by atoms with Crippen molar-refractivity contribution >= 4 is 5.57 Å². The molecule has 0 N–H and O–H groups in total. The van der Waals surface area contributed by atoms with Crippen LogP contribution in [-0.4, -0.2) is 7.11 Å². The summed E-state index contributed by atoms with van der Waals surface area (Å²) >= 11 is 0. The maximum atomic E-state index is 5.10. The summed E-state index contributed by atoms with van der Waals surface area (Å²) in [6.07, 6.45) is 3.23. The molecule has 0 aliphatic carbocycles. The molecule has 0 heterocycles. The van der Waals surface area contributed by atoms with Gasteiger partial charge in [-0.2, -0.15) is 0 Å². The first kappa shape index (κ1) is 9.85. The number of hydrogen-bond acceptors (Lipinski definition) is 1. The van der Waals surface area contributed by atoms with E-state index in [4.69, 9.17) is 4.74 Å². The molecule has 0 atom stereocenters. The number of rotatable bonds is 3. The maximum Gasteiger partial charge on any atom is 0.118 e. The minimum Gasteiger partial charge on any atom is -0.497 e. The van der Waals surface area contributed by atoms with Gasteiger partial charge in [0.05, 0.1) is 7.11 Å². The van der Waals surface area contributed by atoms with Gasteiger partial charge in [0, 0.05) is 0 Å². The molecule has 13 heavy (non-hydrogen) atoms. The minimum absolute atomic E-state index is 0.912. The summed E-state index contributed by atoms with van der Waals surface area (Å²) in [6, 6.07) is 8.18.